The van der Waals surface area contributed by atoms with E-state index in [0.717, 1.165) is 34.6 Å². The topological polar surface area (TPSA) is 46.6 Å². The number of aryl methyl sites for hydroxylation is 1. The summed E-state index contributed by atoms with van der Waals surface area (Å²) in [6.07, 6.45) is 1.87. The molecule has 4 nitrogen and oxygen atoms in total. The summed E-state index contributed by atoms with van der Waals surface area (Å²) in [6, 6.07) is 27.2. The number of benzene rings is 3. The first-order valence-corrected chi connectivity index (χ1v) is 10.9. The molecule has 0 bridgehead atoms. The van der Waals surface area contributed by atoms with Gasteiger partial charge in [0, 0.05) is 17.1 Å². The van der Waals surface area contributed by atoms with E-state index >= 15 is 0 Å². The number of hydrogen-bond donors (Lipinski definition) is 0. The Morgan fingerprint density at radius 2 is 1.57 bits per heavy atom. The predicted molar refractivity (Wildman–Crippen MR) is 120 cm³/mol. The molecule has 1 aliphatic heterocycles. The van der Waals surface area contributed by atoms with E-state index < -0.39 is 11.2 Å². The predicted octanol–water partition coefficient (Wildman–Crippen LogP) is 5.04. The van der Waals surface area contributed by atoms with Gasteiger partial charge in [-0.05, 0) is 42.2 Å². The van der Waals surface area contributed by atoms with Crippen LogP contribution in [0.3, 0.4) is 0 Å². The second-order valence-corrected chi connectivity index (χ2v) is 8.29. The van der Waals surface area contributed by atoms with Crippen LogP contribution < -0.4 is 4.90 Å². The SMILES string of the molecule is O=C(OCC(=O)N1CCCc2ccccc21)[C@@H](Sc1ccccc1)c1ccccc1. The lowest BCUT2D eigenvalue weighted by Crippen LogP contribution is -2.38. The van der Waals surface area contributed by atoms with Gasteiger partial charge in [0.05, 0.1) is 0 Å². The number of fused-ring (bicyclic) bond motifs is 1. The van der Waals surface area contributed by atoms with E-state index in [4.69, 9.17) is 4.74 Å². The number of rotatable bonds is 6. The number of ether oxygens (including phenoxy) is 1. The maximum Gasteiger partial charge on any atom is 0.324 e. The molecular weight excluding hydrogens is 394 g/mol. The molecule has 0 aromatic heterocycles. The van der Waals surface area contributed by atoms with Gasteiger partial charge in [0.2, 0.25) is 0 Å². The number of hydrogen-bond acceptors (Lipinski definition) is 4. The van der Waals surface area contributed by atoms with Crippen LogP contribution in [0.2, 0.25) is 0 Å². The zero-order valence-corrected chi connectivity index (χ0v) is 17.4. The van der Waals surface area contributed by atoms with Gasteiger partial charge in [-0.25, -0.2) is 0 Å². The number of nitrogens with zero attached hydrogens (tertiary/aromatic N) is 1. The van der Waals surface area contributed by atoms with Gasteiger partial charge in [-0.3, -0.25) is 9.59 Å². The third kappa shape index (κ3) is 4.74. The molecule has 0 fully saturated rings. The summed E-state index contributed by atoms with van der Waals surface area (Å²) >= 11 is 1.43. The second-order valence-electron chi connectivity index (χ2n) is 7.11. The standard InChI is InChI=1S/C25H23NO3S/c27-23(26-17-9-13-19-10-7-8-16-22(19)26)18-29-25(28)24(20-11-3-1-4-12-20)30-21-14-5-2-6-15-21/h1-8,10-12,14-16,24H,9,13,17-18H2/t24-/m0/s1. The number of thioether (sulfide) groups is 1. The summed E-state index contributed by atoms with van der Waals surface area (Å²) in [5.41, 5.74) is 2.93. The lowest BCUT2D eigenvalue weighted by molar-refractivity contribution is -0.147. The summed E-state index contributed by atoms with van der Waals surface area (Å²) in [5, 5.41) is -0.532. The maximum absolute atomic E-state index is 13.0. The highest BCUT2D eigenvalue weighted by Crippen LogP contribution is 2.36. The van der Waals surface area contributed by atoms with Crippen molar-refractivity contribution in [3.63, 3.8) is 0 Å². The van der Waals surface area contributed by atoms with Crippen molar-refractivity contribution >= 4 is 29.3 Å². The molecule has 5 heteroatoms. The Kier molecular flexibility index (Phi) is 6.50. The maximum atomic E-state index is 13.0. The van der Waals surface area contributed by atoms with Crippen molar-refractivity contribution in [2.24, 2.45) is 0 Å². The Balaban J connectivity index is 1.46. The van der Waals surface area contributed by atoms with Crippen molar-refractivity contribution < 1.29 is 14.3 Å². The van der Waals surface area contributed by atoms with E-state index in [9.17, 15) is 9.59 Å². The molecule has 0 saturated carbocycles. The lowest BCUT2D eigenvalue weighted by atomic mass is 10.0. The van der Waals surface area contributed by atoms with Crippen LogP contribution in [0.5, 0.6) is 0 Å². The minimum atomic E-state index is -0.532. The van der Waals surface area contributed by atoms with Gasteiger partial charge >= 0.3 is 5.97 Å². The monoisotopic (exact) mass is 417 g/mol. The number of carbonyl (C=O) groups is 2. The number of para-hydroxylation sites is 1. The minimum Gasteiger partial charge on any atom is -0.454 e. The average molecular weight is 418 g/mol. The molecular formula is C25H23NO3S. The van der Waals surface area contributed by atoms with Crippen LogP contribution in [0.25, 0.3) is 0 Å². The van der Waals surface area contributed by atoms with Crippen molar-refractivity contribution in [3.8, 4) is 0 Å². The van der Waals surface area contributed by atoms with E-state index in [0.29, 0.717) is 6.54 Å². The molecule has 1 heterocycles. The lowest BCUT2D eigenvalue weighted by Gasteiger charge is -2.29. The fraction of sp³-hybridized carbons (Fsp3) is 0.200. The van der Waals surface area contributed by atoms with Crippen molar-refractivity contribution in [2.75, 3.05) is 18.1 Å². The van der Waals surface area contributed by atoms with Crippen LogP contribution in [0.15, 0.2) is 89.8 Å². The molecule has 0 N–H and O–H groups in total. The molecule has 0 spiro atoms. The molecule has 1 amide bonds. The van der Waals surface area contributed by atoms with Gasteiger partial charge < -0.3 is 9.64 Å². The Labute approximate surface area is 180 Å². The summed E-state index contributed by atoms with van der Waals surface area (Å²) in [7, 11) is 0. The number of esters is 1. The van der Waals surface area contributed by atoms with E-state index in [-0.39, 0.29) is 12.5 Å². The van der Waals surface area contributed by atoms with Gasteiger partial charge in [-0.2, -0.15) is 0 Å². The molecule has 0 unspecified atom stereocenters. The highest BCUT2D eigenvalue weighted by Gasteiger charge is 2.27. The Morgan fingerprint density at radius 1 is 0.900 bits per heavy atom. The van der Waals surface area contributed by atoms with Crippen LogP contribution in [0, 0.1) is 0 Å². The van der Waals surface area contributed by atoms with Gasteiger partial charge in [0.1, 0.15) is 5.25 Å². The smallest absolute Gasteiger partial charge is 0.324 e. The van der Waals surface area contributed by atoms with Crippen molar-refractivity contribution in [1.82, 2.24) is 0 Å². The molecule has 3 aromatic carbocycles. The minimum absolute atomic E-state index is 0.188. The van der Waals surface area contributed by atoms with Crippen LogP contribution in [0.4, 0.5) is 5.69 Å². The van der Waals surface area contributed by atoms with Gasteiger partial charge in [0.15, 0.2) is 6.61 Å². The first-order valence-electron chi connectivity index (χ1n) is 10.0. The van der Waals surface area contributed by atoms with Gasteiger partial charge in [-0.1, -0.05) is 66.7 Å². The molecule has 0 radical (unpaired) electrons. The highest BCUT2D eigenvalue weighted by molar-refractivity contribution is 8.00. The fourth-order valence-corrected chi connectivity index (χ4v) is 4.64. The van der Waals surface area contributed by atoms with Crippen molar-refractivity contribution in [2.45, 2.75) is 23.0 Å². The molecule has 152 valence electrons. The van der Waals surface area contributed by atoms with Crippen molar-refractivity contribution in [1.29, 1.82) is 0 Å². The number of amides is 1. The summed E-state index contributed by atoms with van der Waals surface area (Å²) in [5.74, 6) is -0.597. The average Bonchev–Trinajstić information content (AvgIpc) is 2.81. The second kappa shape index (κ2) is 9.63. The molecule has 0 saturated heterocycles. The zero-order valence-electron chi connectivity index (χ0n) is 16.6. The molecule has 1 atom stereocenters. The van der Waals surface area contributed by atoms with Gasteiger partial charge in [-0.15, -0.1) is 11.8 Å². The third-order valence-electron chi connectivity index (χ3n) is 5.06. The summed E-state index contributed by atoms with van der Waals surface area (Å²) in [4.78, 5) is 28.5. The molecule has 3 aromatic rings. The Hall–Kier alpha value is -3.05. The quantitative estimate of drug-likeness (QED) is 0.416. The molecule has 4 rings (SSSR count). The summed E-state index contributed by atoms with van der Waals surface area (Å²) in [6.45, 7) is 0.389. The Bertz CT molecular complexity index is 1010. The fourth-order valence-electron chi connectivity index (χ4n) is 3.59. The first kappa shape index (κ1) is 20.2. The van der Waals surface area contributed by atoms with E-state index in [2.05, 4.69) is 0 Å². The van der Waals surface area contributed by atoms with Crippen molar-refractivity contribution in [3.05, 3.63) is 96.1 Å². The number of carbonyl (C=O) groups excluding carboxylic acids is 2. The highest BCUT2D eigenvalue weighted by atomic mass is 32.2. The van der Waals surface area contributed by atoms with Gasteiger partial charge in [0.25, 0.3) is 5.91 Å². The molecule has 30 heavy (non-hydrogen) atoms. The first-order chi connectivity index (χ1) is 14.7. The normalized spacial score (nSPS) is 13.9. The third-order valence-corrected chi connectivity index (χ3v) is 6.31. The van der Waals surface area contributed by atoms with Crippen LogP contribution in [-0.4, -0.2) is 25.0 Å². The van der Waals surface area contributed by atoms with E-state index in [1.54, 1.807) is 4.90 Å². The summed E-state index contributed by atoms with van der Waals surface area (Å²) < 4.78 is 5.51. The molecule has 0 aliphatic carbocycles. The van der Waals surface area contributed by atoms with Crippen LogP contribution in [0.1, 0.15) is 22.8 Å². The van der Waals surface area contributed by atoms with E-state index in [1.807, 2.05) is 84.9 Å². The Morgan fingerprint density at radius 3 is 2.33 bits per heavy atom. The van der Waals surface area contributed by atoms with Crippen LogP contribution >= 0.6 is 11.8 Å². The van der Waals surface area contributed by atoms with Crippen LogP contribution in [-0.2, 0) is 20.7 Å². The zero-order chi connectivity index (χ0) is 20.8. The molecule has 1 aliphatic rings. The largest absolute Gasteiger partial charge is 0.454 e. The van der Waals surface area contributed by atoms with E-state index in [1.165, 1.54) is 11.8 Å². The number of anilines is 1.